The summed E-state index contributed by atoms with van der Waals surface area (Å²) >= 11 is 0. The molecule has 1 aliphatic heterocycles. The van der Waals surface area contributed by atoms with Crippen LogP contribution in [0.5, 0.6) is 23.3 Å². The smallest absolute Gasteiger partial charge is 0.426 e. The number of para-hydroxylation sites is 2. The number of alkyl halides is 12. The highest BCUT2D eigenvalue weighted by molar-refractivity contribution is 5.90. The number of aromatic nitrogens is 6. The number of carbonyl (C=O) groups is 2. The quantitative estimate of drug-likeness (QED) is 0.0679. The molecule has 8 aromatic rings. The van der Waals surface area contributed by atoms with Gasteiger partial charge in [-0.25, -0.2) is 19.6 Å². The molecule has 4 aromatic heterocycles. The van der Waals surface area contributed by atoms with Gasteiger partial charge in [-0.15, -0.1) is 33.6 Å². The van der Waals surface area contributed by atoms with Crippen LogP contribution >= 0.6 is 0 Å². The lowest BCUT2D eigenvalue weighted by Gasteiger charge is -2.31. The number of ether oxygens (including phenoxy) is 6. The zero-order valence-corrected chi connectivity index (χ0v) is 51.8. The first-order valence-corrected chi connectivity index (χ1v) is 28.8. The zero-order chi connectivity index (χ0) is 70.1. The number of anilines is 2. The number of benzene rings is 4. The molecule has 2 N–H and O–H groups in total. The Balaban J connectivity index is 0.000000246. The number of hydrogen-bond acceptors (Lipinski definition) is 16. The number of carbonyl (C=O) groups excluding carboxylic acids is 2. The van der Waals surface area contributed by atoms with Crippen LogP contribution in [0.3, 0.4) is 0 Å². The van der Waals surface area contributed by atoms with Gasteiger partial charge >= 0.3 is 36.9 Å². The molecular formula is C66H60F12N8O10. The molecule has 2 unspecified atom stereocenters. The normalized spacial score (nSPS) is 15.1. The number of hydrogen-bond donors (Lipinski definition) is 2. The van der Waals surface area contributed by atoms with E-state index < -0.39 is 155 Å². The largest absolute Gasteiger partial charge is 0.444 e. The van der Waals surface area contributed by atoms with E-state index in [-0.39, 0.29) is 24.3 Å². The highest BCUT2D eigenvalue weighted by atomic mass is 19.4. The third-order valence-corrected chi connectivity index (χ3v) is 13.4. The van der Waals surface area contributed by atoms with Gasteiger partial charge < -0.3 is 37.3 Å². The van der Waals surface area contributed by atoms with Gasteiger partial charge in [0.05, 0.1) is 24.6 Å². The fraction of sp³-hybridized carbons (Fsp3) is 0.303. The fourth-order valence-electron chi connectivity index (χ4n) is 9.05. The van der Waals surface area contributed by atoms with Gasteiger partial charge in [0.2, 0.25) is 23.0 Å². The summed E-state index contributed by atoms with van der Waals surface area (Å²) < 4.78 is 220. The second kappa shape index (κ2) is 28.9. The van der Waals surface area contributed by atoms with Crippen LogP contribution in [0.25, 0.3) is 23.2 Å². The number of nitrogens with one attached hydrogen (secondary N) is 2. The lowest BCUT2D eigenvalue weighted by molar-refractivity contribution is -0.296. The van der Waals surface area contributed by atoms with Crippen molar-refractivity contribution in [1.29, 1.82) is 0 Å². The van der Waals surface area contributed by atoms with E-state index >= 15 is 13.2 Å². The van der Waals surface area contributed by atoms with Crippen LogP contribution < -0.4 is 20.1 Å². The van der Waals surface area contributed by atoms with Gasteiger partial charge in [-0.3, -0.25) is 10.6 Å². The van der Waals surface area contributed by atoms with Crippen LogP contribution in [0.15, 0.2) is 168 Å². The minimum atomic E-state index is -5.14. The zero-order valence-electron chi connectivity index (χ0n) is 51.8. The Kier molecular flexibility index (Phi) is 21.6. The molecule has 18 nitrogen and oxygen atoms in total. The van der Waals surface area contributed by atoms with Crippen molar-refractivity contribution in [2.45, 2.75) is 128 Å². The molecule has 0 spiro atoms. The number of fused-ring (bicyclic) bond motifs is 6. The van der Waals surface area contributed by atoms with E-state index in [0.29, 0.717) is 34.4 Å². The summed E-state index contributed by atoms with van der Waals surface area (Å²) in [6.45, 7) is 15.1. The van der Waals surface area contributed by atoms with Crippen molar-refractivity contribution < 1.29 is 99.5 Å². The molecule has 0 aliphatic carbocycles. The highest BCUT2D eigenvalue weighted by Gasteiger charge is 2.62. The molecule has 508 valence electrons. The number of allylic oxidation sites excluding steroid dienone is 2. The molecule has 1 aliphatic rings. The predicted octanol–water partition coefficient (Wildman–Crippen LogP) is 18.3. The second-order valence-electron chi connectivity index (χ2n) is 23.0. The fourth-order valence-corrected chi connectivity index (χ4v) is 9.05. The molecule has 30 heteroatoms. The maximum Gasteiger partial charge on any atom is 0.426 e. The minimum absolute atomic E-state index is 0.0122. The van der Waals surface area contributed by atoms with E-state index in [1.807, 2.05) is 0 Å². The van der Waals surface area contributed by atoms with Crippen molar-refractivity contribution in [3.05, 3.63) is 204 Å². The van der Waals surface area contributed by atoms with Gasteiger partial charge in [0, 0.05) is 12.8 Å². The lowest BCUT2D eigenvalue weighted by atomic mass is 9.97. The van der Waals surface area contributed by atoms with Crippen LogP contribution in [0.2, 0.25) is 0 Å². The van der Waals surface area contributed by atoms with Crippen LogP contribution in [0.4, 0.5) is 73.6 Å². The highest BCUT2D eigenvalue weighted by Crippen LogP contribution is 2.50. The molecule has 96 heavy (non-hydrogen) atoms. The minimum Gasteiger partial charge on any atom is -0.444 e. The van der Waals surface area contributed by atoms with Crippen molar-refractivity contribution in [2.75, 3.05) is 10.6 Å². The third kappa shape index (κ3) is 17.6. The van der Waals surface area contributed by atoms with Crippen LogP contribution in [-0.4, -0.2) is 66.1 Å². The molecule has 0 fully saturated rings. The van der Waals surface area contributed by atoms with Crippen molar-refractivity contribution in [3.63, 3.8) is 0 Å². The second-order valence-corrected chi connectivity index (χ2v) is 23.0. The summed E-state index contributed by atoms with van der Waals surface area (Å²) in [5, 5.41) is 19.0. The van der Waals surface area contributed by atoms with Crippen molar-refractivity contribution in [2.24, 2.45) is 0 Å². The standard InChI is InChI=1S/C34H32F6N4O5.C32H28F6N4O5/c1-6-13-22-16-11-12-17-25(22)47-27-23(33(35,36)37)19-24(41-30(45)49-31(3,4)5)26(42-27)28-43-44-29(48-28)32(18-7-2,34(38,39)40)46-20-21-14-9-8-10-15-21;1-29(2,3)47-28(43)39-22-17-21(31(33,34)35)25-40-24(22)26-41-42-27(46-26)30(32(36,37)38,44-18-19-11-5-4-6-12-19)16-10-9-14-20-13-7-8-15-23(20)45-25/h6-12,14-17,19H,1-2,13,18,20H2,3-5H3,(H,41,45);4-13,15,17H,14,16,18H2,1-3H3,(H,39,43). The summed E-state index contributed by atoms with van der Waals surface area (Å²) in [5.41, 5.74) is -12.3. The summed E-state index contributed by atoms with van der Waals surface area (Å²) in [6, 6.07) is 29.2. The Morgan fingerprint density at radius 2 is 1.16 bits per heavy atom. The number of pyridine rings is 2. The molecular weight excluding hydrogens is 1290 g/mol. The first kappa shape index (κ1) is 71.7. The van der Waals surface area contributed by atoms with Crippen molar-refractivity contribution in [1.82, 2.24) is 30.4 Å². The van der Waals surface area contributed by atoms with Gasteiger partial charge in [-0.05, 0) is 101 Å². The van der Waals surface area contributed by atoms with Crippen molar-refractivity contribution >= 4 is 23.6 Å². The number of nitrogens with zero attached hydrogens (tertiary/aromatic N) is 6. The molecule has 0 radical (unpaired) electrons. The predicted molar refractivity (Wildman–Crippen MR) is 322 cm³/mol. The van der Waals surface area contributed by atoms with Gasteiger partial charge in [-0.1, -0.05) is 121 Å². The van der Waals surface area contributed by atoms with Gasteiger partial charge in [0.15, 0.2) is 11.4 Å². The SMILES string of the molecule is C=CCc1ccccc1Oc1nc(-c2nnc(C(CC=C)(OCc3ccccc3)C(F)(F)F)o2)c(NC(=O)OC(C)(C)C)cc1C(F)(F)F.CC(C)(C)OC(=O)Nc1cc(C(F)(F)F)c2nc1-c1nnc(o1)C(OCc1ccccc1)(C(F)(F)F)CC=CCc1ccccc1O2. The summed E-state index contributed by atoms with van der Waals surface area (Å²) in [5.74, 6) is -5.71. The average Bonchev–Trinajstić information content (AvgIpc) is 1.48. The monoisotopic (exact) mass is 1350 g/mol. The Labute approximate surface area is 540 Å². The van der Waals surface area contributed by atoms with E-state index in [2.05, 4.69) is 54.2 Å². The molecule has 0 saturated heterocycles. The Morgan fingerprint density at radius 1 is 0.615 bits per heavy atom. The van der Waals surface area contributed by atoms with Gasteiger partial charge in [0.1, 0.15) is 33.8 Å². The molecule has 2 amide bonds. The molecule has 4 bridgehead atoms. The van der Waals surface area contributed by atoms with E-state index in [1.165, 1.54) is 84.0 Å². The maximum atomic E-state index is 15.1. The molecule has 4 aromatic carbocycles. The molecule has 0 saturated carbocycles. The van der Waals surface area contributed by atoms with E-state index in [4.69, 9.17) is 37.3 Å². The van der Waals surface area contributed by atoms with Crippen LogP contribution in [-0.2, 0) is 68.6 Å². The first-order valence-electron chi connectivity index (χ1n) is 28.8. The third-order valence-electron chi connectivity index (χ3n) is 13.4. The van der Waals surface area contributed by atoms with E-state index in [1.54, 1.807) is 84.9 Å². The summed E-state index contributed by atoms with van der Waals surface area (Å²) in [7, 11) is 0. The van der Waals surface area contributed by atoms with Gasteiger partial charge in [0.25, 0.3) is 23.6 Å². The van der Waals surface area contributed by atoms with Crippen molar-refractivity contribution in [3.8, 4) is 46.4 Å². The van der Waals surface area contributed by atoms with E-state index in [9.17, 15) is 49.1 Å². The summed E-state index contributed by atoms with van der Waals surface area (Å²) in [4.78, 5) is 33.4. The van der Waals surface area contributed by atoms with Gasteiger partial charge in [-0.2, -0.15) is 52.7 Å². The number of amides is 2. The maximum absolute atomic E-state index is 15.1. The van der Waals surface area contributed by atoms with Crippen LogP contribution in [0.1, 0.15) is 99.5 Å². The topological polar surface area (TPSA) is 217 Å². The Hall–Kier alpha value is -10.1. The Morgan fingerprint density at radius 3 is 1.73 bits per heavy atom. The lowest BCUT2D eigenvalue weighted by Crippen LogP contribution is -2.45. The molecule has 5 heterocycles. The number of rotatable bonds is 16. The summed E-state index contributed by atoms with van der Waals surface area (Å²) in [6.07, 6.45) is -19.2. The molecule has 9 rings (SSSR count). The van der Waals surface area contributed by atoms with Crippen LogP contribution in [0, 0.1) is 0 Å². The number of halogens is 12. The van der Waals surface area contributed by atoms with E-state index in [0.717, 1.165) is 6.08 Å². The first-order chi connectivity index (χ1) is 45.0. The Bertz CT molecular complexity index is 4070. The average molecular weight is 1350 g/mol. The molecule has 2 atom stereocenters.